The summed E-state index contributed by atoms with van der Waals surface area (Å²) in [5, 5.41) is 0. The molecule has 1 heterocycles. The van der Waals surface area contributed by atoms with Gasteiger partial charge in [0.05, 0.1) is 19.6 Å². The minimum absolute atomic E-state index is 0.0146. The fourth-order valence-electron chi connectivity index (χ4n) is 2.58. The molecule has 0 spiro atoms. The highest BCUT2D eigenvalue weighted by atomic mass is 16.5. The normalized spacial score (nSPS) is 15.5. The Labute approximate surface area is 131 Å². The summed E-state index contributed by atoms with van der Waals surface area (Å²) in [4.78, 5) is 26.1. The number of rotatable bonds is 5. The van der Waals surface area contributed by atoms with Crippen molar-refractivity contribution in [3.63, 3.8) is 0 Å². The van der Waals surface area contributed by atoms with Gasteiger partial charge in [-0.1, -0.05) is 13.0 Å². The molecular weight excluding hydrogens is 282 g/mol. The van der Waals surface area contributed by atoms with Crippen LogP contribution in [0.5, 0.6) is 5.75 Å². The van der Waals surface area contributed by atoms with Crippen molar-refractivity contribution in [2.45, 2.75) is 26.2 Å². The molecule has 5 nitrogen and oxygen atoms in total. The maximum atomic E-state index is 12.5. The quantitative estimate of drug-likeness (QED) is 0.784. The third kappa shape index (κ3) is 4.00. The average Bonchev–Trinajstić information content (AvgIpc) is 2.59. The Hall–Kier alpha value is -2.04. The van der Waals surface area contributed by atoms with Crippen LogP contribution in [0, 0.1) is 5.92 Å². The van der Waals surface area contributed by atoms with E-state index in [1.807, 2.05) is 13.0 Å². The van der Waals surface area contributed by atoms with Gasteiger partial charge in [0.25, 0.3) is 5.91 Å². The van der Waals surface area contributed by atoms with Crippen molar-refractivity contribution in [2.75, 3.05) is 26.8 Å². The summed E-state index contributed by atoms with van der Waals surface area (Å²) in [5.74, 6) is 0.444. The van der Waals surface area contributed by atoms with E-state index in [-0.39, 0.29) is 17.8 Å². The fraction of sp³-hybridized carbons (Fsp3) is 0.529. The third-order valence-corrected chi connectivity index (χ3v) is 3.88. The first-order valence-corrected chi connectivity index (χ1v) is 7.75. The standard InChI is InChI=1S/C17H23NO4/c1-3-11-22-17(20)13-7-9-18(10-8-13)16(19)14-5-4-6-15(12-14)21-2/h4-6,12-13H,3,7-11H2,1-2H3. The van der Waals surface area contributed by atoms with E-state index in [0.29, 0.717) is 43.9 Å². The van der Waals surface area contributed by atoms with Gasteiger partial charge < -0.3 is 14.4 Å². The van der Waals surface area contributed by atoms with Crippen LogP contribution in [0.4, 0.5) is 0 Å². The largest absolute Gasteiger partial charge is 0.497 e. The molecule has 5 heteroatoms. The first-order valence-electron chi connectivity index (χ1n) is 7.75. The Kier molecular flexibility index (Phi) is 5.81. The summed E-state index contributed by atoms with van der Waals surface area (Å²) >= 11 is 0. The molecule has 1 aromatic rings. The number of nitrogens with zero attached hydrogens (tertiary/aromatic N) is 1. The molecular formula is C17H23NO4. The van der Waals surface area contributed by atoms with Gasteiger partial charge in [-0.3, -0.25) is 9.59 Å². The van der Waals surface area contributed by atoms with E-state index in [0.717, 1.165) is 6.42 Å². The monoisotopic (exact) mass is 305 g/mol. The number of carbonyl (C=O) groups is 2. The van der Waals surface area contributed by atoms with E-state index in [9.17, 15) is 9.59 Å². The van der Waals surface area contributed by atoms with Gasteiger partial charge in [0, 0.05) is 18.7 Å². The van der Waals surface area contributed by atoms with Gasteiger partial charge in [0.2, 0.25) is 0 Å². The van der Waals surface area contributed by atoms with Crippen LogP contribution in [0.1, 0.15) is 36.5 Å². The molecule has 1 aliphatic heterocycles. The van der Waals surface area contributed by atoms with Crippen LogP contribution in [-0.4, -0.2) is 43.6 Å². The first kappa shape index (κ1) is 16.3. The van der Waals surface area contributed by atoms with E-state index in [1.165, 1.54) is 0 Å². The van der Waals surface area contributed by atoms with Crippen LogP contribution in [0.15, 0.2) is 24.3 Å². The minimum Gasteiger partial charge on any atom is -0.497 e. The summed E-state index contributed by atoms with van der Waals surface area (Å²) in [5.41, 5.74) is 0.617. The van der Waals surface area contributed by atoms with E-state index in [1.54, 1.807) is 30.2 Å². The second-order valence-corrected chi connectivity index (χ2v) is 5.47. The number of hydrogen-bond acceptors (Lipinski definition) is 4. The summed E-state index contributed by atoms with van der Waals surface area (Å²) < 4.78 is 10.3. The van der Waals surface area contributed by atoms with Crippen molar-refractivity contribution >= 4 is 11.9 Å². The molecule has 1 amide bonds. The zero-order chi connectivity index (χ0) is 15.9. The van der Waals surface area contributed by atoms with Crippen LogP contribution in [0.2, 0.25) is 0 Å². The predicted molar refractivity (Wildman–Crippen MR) is 82.9 cm³/mol. The van der Waals surface area contributed by atoms with Crippen LogP contribution in [0.3, 0.4) is 0 Å². The summed E-state index contributed by atoms with van der Waals surface area (Å²) in [6.45, 7) is 3.62. The van der Waals surface area contributed by atoms with Gasteiger partial charge in [-0.05, 0) is 37.5 Å². The molecule has 0 aromatic heterocycles. The molecule has 0 saturated carbocycles. The molecule has 0 aliphatic carbocycles. The molecule has 0 atom stereocenters. The molecule has 22 heavy (non-hydrogen) atoms. The van der Waals surface area contributed by atoms with Crippen molar-refractivity contribution < 1.29 is 19.1 Å². The summed E-state index contributed by atoms with van der Waals surface area (Å²) in [6.07, 6.45) is 2.16. The smallest absolute Gasteiger partial charge is 0.309 e. The molecule has 120 valence electrons. The Morgan fingerprint density at radius 1 is 1.27 bits per heavy atom. The molecule has 0 unspecified atom stereocenters. The number of amides is 1. The van der Waals surface area contributed by atoms with Crippen molar-refractivity contribution in [1.29, 1.82) is 0 Å². The lowest BCUT2D eigenvalue weighted by atomic mass is 9.96. The topological polar surface area (TPSA) is 55.8 Å². The zero-order valence-electron chi connectivity index (χ0n) is 13.2. The second-order valence-electron chi connectivity index (χ2n) is 5.47. The molecule has 1 saturated heterocycles. The van der Waals surface area contributed by atoms with Crippen LogP contribution in [0.25, 0.3) is 0 Å². The predicted octanol–water partition coefficient (Wildman–Crippen LogP) is 2.50. The summed E-state index contributed by atoms with van der Waals surface area (Å²) in [7, 11) is 1.58. The van der Waals surface area contributed by atoms with Crippen LogP contribution in [-0.2, 0) is 9.53 Å². The van der Waals surface area contributed by atoms with Gasteiger partial charge in [0.15, 0.2) is 0 Å². The Morgan fingerprint density at radius 2 is 2.00 bits per heavy atom. The minimum atomic E-state index is -0.129. The average molecular weight is 305 g/mol. The molecule has 1 aromatic carbocycles. The molecule has 1 aliphatic rings. The van der Waals surface area contributed by atoms with Crippen molar-refractivity contribution in [3.8, 4) is 5.75 Å². The lowest BCUT2D eigenvalue weighted by molar-refractivity contribution is -0.150. The first-order chi connectivity index (χ1) is 10.7. The van der Waals surface area contributed by atoms with Gasteiger partial charge in [0.1, 0.15) is 5.75 Å². The molecule has 0 N–H and O–H groups in total. The number of hydrogen-bond donors (Lipinski definition) is 0. The Balaban J connectivity index is 1.90. The highest BCUT2D eigenvalue weighted by Gasteiger charge is 2.28. The zero-order valence-corrected chi connectivity index (χ0v) is 13.2. The van der Waals surface area contributed by atoms with Crippen molar-refractivity contribution in [2.24, 2.45) is 5.92 Å². The Morgan fingerprint density at radius 3 is 2.64 bits per heavy atom. The lowest BCUT2D eigenvalue weighted by Crippen LogP contribution is -2.40. The number of esters is 1. The number of ether oxygens (including phenoxy) is 2. The SMILES string of the molecule is CCCOC(=O)C1CCN(C(=O)c2cccc(OC)c2)CC1. The maximum Gasteiger partial charge on any atom is 0.309 e. The highest BCUT2D eigenvalue weighted by molar-refractivity contribution is 5.94. The molecule has 2 rings (SSSR count). The van der Waals surface area contributed by atoms with Gasteiger partial charge >= 0.3 is 5.97 Å². The van der Waals surface area contributed by atoms with Gasteiger partial charge in [-0.15, -0.1) is 0 Å². The van der Waals surface area contributed by atoms with Crippen LogP contribution >= 0.6 is 0 Å². The third-order valence-electron chi connectivity index (χ3n) is 3.88. The molecule has 1 fully saturated rings. The number of benzene rings is 1. The highest BCUT2D eigenvalue weighted by Crippen LogP contribution is 2.21. The molecule has 0 bridgehead atoms. The van der Waals surface area contributed by atoms with Crippen LogP contribution < -0.4 is 4.74 Å². The second kappa shape index (κ2) is 7.82. The van der Waals surface area contributed by atoms with Crippen molar-refractivity contribution in [3.05, 3.63) is 29.8 Å². The van der Waals surface area contributed by atoms with E-state index in [4.69, 9.17) is 9.47 Å². The Bertz CT molecular complexity index is 521. The number of piperidine rings is 1. The maximum absolute atomic E-state index is 12.5. The fourth-order valence-corrected chi connectivity index (χ4v) is 2.58. The van der Waals surface area contributed by atoms with E-state index in [2.05, 4.69) is 0 Å². The van der Waals surface area contributed by atoms with E-state index < -0.39 is 0 Å². The molecule has 0 radical (unpaired) electrons. The number of carbonyl (C=O) groups excluding carboxylic acids is 2. The van der Waals surface area contributed by atoms with Gasteiger partial charge in [-0.2, -0.15) is 0 Å². The van der Waals surface area contributed by atoms with Crippen molar-refractivity contribution in [1.82, 2.24) is 4.90 Å². The van der Waals surface area contributed by atoms with Gasteiger partial charge in [-0.25, -0.2) is 0 Å². The number of likely N-dealkylation sites (tertiary alicyclic amines) is 1. The summed E-state index contributed by atoms with van der Waals surface area (Å²) in [6, 6.07) is 7.14. The number of methoxy groups -OCH3 is 1. The lowest BCUT2D eigenvalue weighted by Gasteiger charge is -2.31. The van der Waals surface area contributed by atoms with E-state index >= 15 is 0 Å².